The summed E-state index contributed by atoms with van der Waals surface area (Å²) < 4.78 is 0. The third-order valence-corrected chi connectivity index (χ3v) is 6.45. The standard InChI is InChI=1S/C30H43N5O5/c1-20(2)17-25(28(37)33-24(30(39)40)15-9-10-16-31)35-29(38)26(19-22-13-7-4-8-14-22)34-27(36)23(32)18-21-11-5-3-6-12-21/h3-8,11-14,20,23-26H,9-10,15-19,31-32H2,1-2H3,(H,33,37)(H,34,36)(H,35,38)(H,39,40)/t23-,24-,25-,26-/m1/s1. The van der Waals surface area contributed by atoms with E-state index in [0.29, 0.717) is 25.8 Å². The van der Waals surface area contributed by atoms with Gasteiger partial charge in [0.15, 0.2) is 0 Å². The van der Waals surface area contributed by atoms with Crippen LogP contribution in [0.4, 0.5) is 0 Å². The van der Waals surface area contributed by atoms with Crippen molar-refractivity contribution in [3.63, 3.8) is 0 Å². The molecule has 10 nitrogen and oxygen atoms in total. The molecule has 2 rings (SSSR count). The van der Waals surface area contributed by atoms with Crippen LogP contribution in [-0.4, -0.2) is 59.5 Å². The van der Waals surface area contributed by atoms with Gasteiger partial charge in [-0.15, -0.1) is 0 Å². The second-order valence-corrected chi connectivity index (χ2v) is 10.4. The summed E-state index contributed by atoms with van der Waals surface area (Å²) in [6, 6.07) is 14.6. The normalized spacial score (nSPS) is 14.0. The summed E-state index contributed by atoms with van der Waals surface area (Å²) >= 11 is 0. The van der Waals surface area contributed by atoms with Gasteiger partial charge in [0.1, 0.15) is 18.1 Å². The molecule has 0 radical (unpaired) electrons. The number of aliphatic carboxylic acids is 1. The van der Waals surface area contributed by atoms with Crippen molar-refractivity contribution in [1.82, 2.24) is 16.0 Å². The summed E-state index contributed by atoms with van der Waals surface area (Å²) in [5, 5.41) is 17.7. The topological polar surface area (TPSA) is 177 Å². The highest BCUT2D eigenvalue weighted by molar-refractivity contribution is 5.94. The molecule has 4 atom stereocenters. The van der Waals surface area contributed by atoms with Crippen LogP contribution in [0.3, 0.4) is 0 Å². The van der Waals surface area contributed by atoms with Gasteiger partial charge in [-0.25, -0.2) is 4.79 Å². The lowest BCUT2D eigenvalue weighted by Gasteiger charge is -2.26. The maximum Gasteiger partial charge on any atom is 0.326 e. The molecule has 2 aromatic rings. The first kappa shape index (κ1) is 32.5. The highest BCUT2D eigenvalue weighted by Gasteiger charge is 2.31. The molecule has 0 bridgehead atoms. The van der Waals surface area contributed by atoms with Crippen molar-refractivity contribution in [1.29, 1.82) is 0 Å². The van der Waals surface area contributed by atoms with E-state index in [2.05, 4.69) is 16.0 Å². The Kier molecular flexibility index (Phi) is 13.8. The number of carboxylic acid groups (broad SMARTS) is 1. The molecule has 0 fully saturated rings. The minimum atomic E-state index is -1.15. The number of carboxylic acids is 1. The summed E-state index contributed by atoms with van der Waals surface area (Å²) in [6.07, 6.45) is 2.18. The molecular weight excluding hydrogens is 510 g/mol. The van der Waals surface area contributed by atoms with E-state index in [4.69, 9.17) is 11.5 Å². The fourth-order valence-electron chi connectivity index (χ4n) is 4.30. The zero-order chi connectivity index (χ0) is 29.5. The van der Waals surface area contributed by atoms with Crippen LogP contribution in [0.1, 0.15) is 50.7 Å². The lowest BCUT2D eigenvalue weighted by molar-refractivity contribution is -0.142. The molecule has 0 unspecified atom stereocenters. The maximum absolute atomic E-state index is 13.5. The monoisotopic (exact) mass is 553 g/mol. The van der Waals surface area contributed by atoms with E-state index in [0.717, 1.165) is 11.1 Å². The lowest BCUT2D eigenvalue weighted by atomic mass is 10.00. The van der Waals surface area contributed by atoms with Crippen LogP contribution in [0.15, 0.2) is 60.7 Å². The Morgan fingerprint density at radius 3 is 1.75 bits per heavy atom. The number of hydrogen-bond donors (Lipinski definition) is 6. The van der Waals surface area contributed by atoms with Crippen LogP contribution in [0, 0.1) is 5.92 Å². The summed E-state index contributed by atoms with van der Waals surface area (Å²) in [5.74, 6) is -2.76. The fourth-order valence-corrected chi connectivity index (χ4v) is 4.30. The van der Waals surface area contributed by atoms with E-state index in [9.17, 15) is 24.3 Å². The Bertz CT molecular complexity index is 1080. The molecule has 218 valence electrons. The van der Waals surface area contributed by atoms with E-state index in [1.807, 2.05) is 74.5 Å². The zero-order valence-electron chi connectivity index (χ0n) is 23.3. The van der Waals surface area contributed by atoms with Crippen molar-refractivity contribution in [2.75, 3.05) is 6.54 Å². The Hall–Kier alpha value is -3.76. The van der Waals surface area contributed by atoms with Crippen LogP contribution >= 0.6 is 0 Å². The predicted molar refractivity (Wildman–Crippen MR) is 154 cm³/mol. The molecule has 8 N–H and O–H groups in total. The van der Waals surface area contributed by atoms with Gasteiger partial charge in [-0.1, -0.05) is 74.5 Å². The molecule has 0 spiro atoms. The zero-order valence-corrected chi connectivity index (χ0v) is 23.3. The minimum absolute atomic E-state index is 0.0260. The Morgan fingerprint density at radius 1 is 0.725 bits per heavy atom. The van der Waals surface area contributed by atoms with E-state index < -0.39 is 47.9 Å². The fraction of sp³-hybridized carbons (Fsp3) is 0.467. The van der Waals surface area contributed by atoms with Gasteiger partial charge in [-0.3, -0.25) is 14.4 Å². The Labute approximate surface area is 236 Å². The van der Waals surface area contributed by atoms with E-state index in [1.165, 1.54) is 0 Å². The van der Waals surface area contributed by atoms with Crippen molar-refractivity contribution in [2.45, 2.75) is 76.5 Å². The van der Waals surface area contributed by atoms with Gasteiger partial charge in [0, 0.05) is 6.42 Å². The van der Waals surface area contributed by atoms with Gasteiger partial charge in [0.05, 0.1) is 6.04 Å². The largest absolute Gasteiger partial charge is 0.480 e. The third kappa shape index (κ3) is 11.5. The molecular formula is C30H43N5O5. The number of carbonyl (C=O) groups is 4. The third-order valence-electron chi connectivity index (χ3n) is 6.45. The molecule has 3 amide bonds. The number of nitrogens with two attached hydrogens (primary N) is 2. The summed E-state index contributed by atoms with van der Waals surface area (Å²) in [6.45, 7) is 4.22. The van der Waals surface area contributed by atoms with E-state index >= 15 is 0 Å². The van der Waals surface area contributed by atoms with Gasteiger partial charge in [0.2, 0.25) is 17.7 Å². The molecule has 0 aliphatic heterocycles. The van der Waals surface area contributed by atoms with Gasteiger partial charge in [-0.2, -0.15) is 0 Å². The van der Waals surface area contributed by atoms with Gasteiger partial charge in [-0.05, 0) is 55.7 Å². The van der Waals surface area contributed by atoms with Crippen molar-refractivity contribution < 1.29 is 24.3 Å². The molecule has 0 saturated carbocycles. The van der Waals surface area contributed by atoms with Crippen molar-refractivity contribution in [3.8, 4) is 0 Å². The highest BCUT2D eigenvalue weighted by Crippen LogP contribution is 2.10. The number of hydrogen-bond acceptors (Lipinski definition) is 6. The minimum Gasteiger partial charge on any atom is -0.480 e. The molecule has 10 heteroatoms. The van der Waals surface area contributed by atoms with Crippen LogP contribution in [0.2, 0.25) is 0 Å². The first-order chi connectivity index (χ1) is 19.1. The number of unbranched alkanes of at least 4 members (excludes halogenated alkanes) is 1. The van der Waals surface area contributed by atoms with Crippen molar-refractivity contribution in [3.05, 3.63) is 71.8 Å². The average molecular weight is 554 g/mol. The maximum atomic E-state index is 13.5. The first-order valence-corrected chi connectivity index (χ1v) is 13.8. The second-order valence-electron chi connectivity index (χ2n) is 10.4. The first-order valence-electron chi connectivity index (χ1n) is 13.8. The van der Waals surface area contributed by atoms with Gasteiger partial charge in [0.25, 0.3) is 0 Å². The molecule has 0 aliphatic carbocycles. The van der Waals surface area contributed by atoms with Crippen molar-refractivity contribution >= 4 is 23.7 Å². The number of benzene rings is 2. The van der Waals surface area contributed by atoms with Gasteiger partial charge < -0.3 is 32.5 Å². The van der Waals surface area contributed by atoms with Crippen LogP contribution in [0.5, 0.6) is 0 Å². The SMILES string of the molecule is CC(C)C[C@@H](NC(=O)[C@@H](Cc1ccccc1)NC(=O)[C@H](N)Cc1ccccc1)C(=O)N[C@H](CCCCN)C(=O)O. The van der Waals surface area contributed by atoms with Crippen LogP contribution in [-0.2, 0) is 32.0 Å². The summed E-state index contributed by atoms with van der Waals surface area (Å²) in [5.41, 5.74) is 13.4. The molecule has 2 aromatic carbocycles. The lowest BCUT2D eigenvalue weighted by Crippen LogP contribution is -2.58. The summed E-state index contributed by atoms with van der Waals surface area (Å²) in [4.78, 5) is 51.4. The smallest absolute Gasteiger partial charge is 0.326 e. The Balaban J connectivity index is 2.18. The average Bonchev–Trinajstić information content (AvgIpc) is 2.92. The number of amides is 3. The Morgan fingerprint density at radius 2 is 1.23 bits per heavy atom. The van der Waals surface area contributed by atoms with E-state index in [-0.39, 0.29) is 25.2 Å². The van der Waals surface area contributed by atoms with Crippen molar-refractivity contribution in [2.24, 2.45) is 17.4 Å². The number of nitrogens with one attached hydrogen (secondary N) is 3. The van der Waals surface area contributed by atoms with E-state index in [1.54, 1.807) is 0 Å². The molecule has 0 heterocycles. The number of rotatable bonds is 17. The second kappa shape index (κ2) is 17.0. The quantitative estimate of drug-likeness (QED) is 0.161. The van der Waals surface area contributed by atoms with Crippen LogP contribution in [0.25, 0.3) is 0 Å². The highest BCUT2D eigenvalue weighted by atomic mass is 16.4. The molecule has 40 heavy (non-hydrogen) atoms. The predicted octanol–water partition coefficient (Wildman–Crippen LogP) is 1.51. The number of carbonyl (C=O) groups excluding carboxylic acids is 3. The van der Waals surface area contributed by atoms with Crippen LogP contribution < -0.4 is 27.4 Å². The summed E-state index contributed by atoms with van der Waals surface area (Å²) in [7, 11) is 0. The molecule has 0 aromatic heterocycles. The van der Waals surface area contributed by atoms with Gasteiger partial charge >= 0.3 is 5.97 Å². The molecule has 0 saturated heterocycles. The molecule has 0 aliphatic rings.